The van der Waals surface area contributed by atoms with E-state index >= 15 is 0 Å². The van der Waals surface area contributed by atoms with E-state index in [1.54, 1.807) is 0 Å². The molecule has 176 valence electrons. The van der Waals surface area contributed by atoms with Crippen molar-refractivity contribution in [1.29, 1.82) is 0 Å². The van der Waals surface area contributed by atoms with Crippen molar-refractivity contribution in [2.45, 2.75) is 50.6 Å². The molecule has 4 N–H and O–H groups in total. The summed E-state index contributed by atoms with van der Waals surface area (Å²) in [6, 6.07) is -3.19. The molecule has 2 unspecified atom stereocenters. The lowest BCUT2D eigenvalue weighted by atomic mass is 10.2. The maximum atomic E-state index is 11.2. The number of carbonyl (C=O) groups is 8. The molecule has 2 aliphatic rings. The fourth-order valence-electron chi connectivity index (χ4n) is 2.79. The van der Waals surface area contributed by atoms with E-state index in [1.807, 2.05) is 0 Å². The second kappa shape index (κ2) is 12.6. The van der Waals surface area contributed by atoms with Crippen LogP contribution in [0.4, 0.5) is 0 Å². The third kappa shape index (κ3) is 7.62. The molecule has 2 aliphatic heterocycles. The van der Waals surface area contributed by atoms with Crippen molar-refractivity contribution >= 4 is 47.5 Å². The topological polar surface area (TPSA) is 224 Å². The van der Waals surface area contributed by atoms with Crippen LogP contribution in [-0.2, 0) is 38.4 Å². The molecule has 2 atom stereocenters. The number of carboxylic acids is 4. The maximum Gasteiger partial charge on any atom is 0.327 e. The second-order valence-corrected chi connectivity index (χ2v) is 6.22. The van der Waals surface area contributed by atoms with Crippen molar-refractivity contribution in [2.75, 3.05) is 0 Å². The summed E-state index contributed by atoms with van der Waals surface area (Å²) in [5.74, 6) is -8.23. The zero-order valence-electron chi connectivity index (χ0n) is 16.8. The first-order chi connectivity index (χ1) is 14.9. The van der Waals surface area contributed by atoms with E-state index in [1.165, 1.54) is 0 Å². The first-order valence-electron chi connectivity index (χ1n) is 8.95. The minimum absolute atomic E-state index is 0.0533. The number of carbonyl (C=O) groups excluding carboxylic acids is 4. The van der Waals surface area contributed by atoms with Crippen molar-refractivity contribution < 1.29 is 58.8 Å². The normalized spacial score (nSPS) is 17.0. The minimum atomic E-state index is -1.59. The molecule has 0 spiro atoms. The van der Waals surface area contributed by atoms with Gasteiger partial charge in [-0.2, -0.15) is 0 Å². The van der Waals surface area contributed by atoms with Gasteiger partial charge in [-0.15, -0.1) is 13.2 Å². The zero-order chi connectivity index (χ0) is 25.2. The average Bonchev–Trinajstić information content (AvgIpc) is 3.20. The van der Waals surface area contributed by atoms with E-state index in [0.29, 0.717) is 9.80 Å². The molecule has 0 aliphatic carbocycles. The van der Waals surface area contributed by atoms with Gasteiger partial charge in [-0.05, 0) is 0 Å². The van der Waals surface area contributed by atoms with Crippen LogP contribution in [0.5, 0.6) is 0 Å². The minimum Gasteiger partial charge on any atom is -0.481 e. The molecule has 0 aromatic rings. The molecular weight excluding hydrogens is 436 g/mol. The Morgan fingerprint density at radius 2 is 0.844 bits per heavy atom. The Bertz CT molecular complexity index is 723. The Hall–Kier alpha value is -4.10. The van der Waals surface area contributed by atoms with Gasteiger partial charge in [0, 0.05) is 25.7 Å². The lowest BCUT2D eigenvalue weighted by Crippen LogP contribution is -2.45. The molecule has 4 amide bonds. The Kier molecular flexibility index (Phi) is 11.0. The van der Waals surface area contributed by atoms with E-state index in [-0.39, 0.29) is 25.7 Å². The highest BCUT2D eigenvalue weighted by atomic mass is 16.4. The summed E-state index contributed by atoms with van der Waals surface area (Å²) < 4.78 is 0. The van der Waals surface area contributed by atoms with Crippen LogP contribution in [0.2, 0.25) is 0 Å². The molecule has 2 rings (SSSR count). The highest BCUT2D eigenvalue weighted by Crippen LogP contribution is 2.18. The summed E-state index contributed by atoms with van der Waals surface area (Å²) in [5.41, 5.74) is 0. The Labute approximate surface area is 180 Å². The van der Waals surface area contributed by atoms with Crippen molar-refractivity contribution in [3.8, 4) is 0 Å². The van der Waals surface area contributed by atoms with Gasteiger partial charge in [-0.25, -0.2) is 9.59 Å². The van der Waals surface area contributed by atoms with Gasteiger partial charge in [-0.3, -0.25) is 38.6 Å². The molecule has 0 bridgehead atoms. The predicted octanol–water partition coefficient (Wildman–Crippen LogP) is -1.07. The summed E-state index contributed by atoms with van der Waals surface area (Å²) in [7, 11) is 0. The fourth-order valence-corrected chi connectivity index (χ4v) is 2.79. The van der Waals surface area contributed by atoms with Gasteiger partial charge in [0.05, 0.1) is 12.8 Å². The first kappa shape index (κ1) is 27.9. The number of rotatable bonds is 8. The summed E-state index contributed by atoms with van der Waals surface area (Å²) in [5, 5.41) is 34.3. The Morgan fingerprint density at radius 1 is 0.625 bits per heavy atom. The van der Waals surface area contributed by atoms with E-state index < -0.39 is 72.4 Å². The van der Waals surface area contributed by atoms with Crippen LogP contribution in [-0.4, -0.2) is 89.8 Å². The molecule has 0 radical (unpaired) electrons. The SMILES string of the molecule is C=C.O=C(O)CC(C(=O)O)N1C(=O)CCC1=O.O=C(O)CC(C(=O)O)N1C(=O)CCC1=O. The molecule has 2 heterocycles. The second-order valence-electron chi connectivity index (χ2n) is 6.22. The van der Waals surface area contributed by atoms with Crippen molar-refractivity contribution in [2.24, 2.45) is 0 Å². The molecule has 32 heavy (non-hydrogen) atoms. The third-order valence-electron chi connectivity index (χ3n) is 4.11. The molecule has 0 saturated carbocycles. The number of imide groups is 2. The molecule has 0 aromatic heterocycles. The van der Waals surface area contributed by atoms with Gasteiger partial charge in [0.15, 0.2) is 0 Å². The standard InChI is InChI=1S/2C8H9NO6.C2H4/c2*10-5-1-2-6(11)9(5)4(8(14)15)3-7(12)13;1-2/h2*4H,1-3H2,(H,12,13)(H,14,15);1-2H2. The van der Waals surface area contributed by atoms with Crippen LogP contribution in [0.15, 0.2) is 13.2 Å². The number of carboxylic acid groups (broad SMARTS) is 4. The van der Waals surface area contributed by atoms with E-state index in [2.05, 4.69) is 13.2 Å². The van der Waals surface area contributed by atoms with E-state index in [9.17, 15) is 38.4 Å². The quantitative estimate of drug-likeness (QED) is 0.252. The summed E-state index contributed by atoms with van der Waals surface area (Å²) in [6.07, 6.45) is -1.76. The van der Waals surface area contributed by atoms with Gasteiger partial charge >= 0.3 is 23.9 Å². The molecule has 2 saturated heterocycles. The van der Waals surface area contributed by atoms with Crippen molar-refractivity contribution in [3.63, 3.8) is 0 Å². The maximum absolute atomic E-state index is 11.2. The lowest BCUT2D eigenvalue weighted by Gasteiger charge is -2.20. The average molecular weight is 458 g/mol. The van der Waals surface area contributed by atoms with Crippen molar-refractivity contribution in [1.82, 2.24) is 9.80 Å². The van der Waals surface area contributed by atoms with Crippen LogP contribution in [0.25, 0.3) is 0 Å². The highest BCUT2D eigenvalue weighted by Gasteiger charge is 2.40. The molecule has 2 fully saturated rings. The van der Waals surface area contributed by atoms with Crippen LogP contribution >= 0.6 is 0 Å². The van der Waals surface area contributed by atoms with E-state index in [4.69, 9.17) is 20.4 Å². The van der Waals surface area contributed by atoms with Gasteiger partial charge < -0.3 is 20.4 Å². The highest BCUT2D eigenvalue weighted by molar-refractivity contribution is 6.06. The molecule has 14 nitrogen and oxygen atoms in total. The summed E-state index contributed by atoms with van der Waals surface area (Å²) in [4.78, 5) is 87.8. The monoisotopic (exact) mass is 458 g/mol. The molecule has 0 aromatic carbocycles. The Balaban J connectivity index is 0.000000557. The fraction of sp³-hybridized carbons (Fsp3) is 0.444. The number of likely N-dealkylation sites (tertiary alicyclic amines) is 2. The van der Waals surface area contributed by atoms with Gasteiger partial charge in [-0.1, -0.05) is 0 Å². The van der Waals surface area contributed by atoms with E-state index in [0.717, 1.165) is 0 Å². The van der Waals surface area contributed by atoms with Crippen LogP contribution in [0.3, 0.4) is 0 Å². The Morgan fingerprint density at radius 3 is 1.00 bits per heavy atom. The van der Waals surface area contributed by atoms with Gasteiger partial charge in [0.25, 0.3) is 0 Å². The number of nitrogens with zero attached hydrogens (tertiary/aromatic N) is 2. The number of hydrogen-bond donors (Lipinski definition) is 4. The number of aliphatic carboxylic acids is 4. The lowest BCUT2D eigenvalue weighted by molar-refractivity contribution is -0.157. The molecule has 14 heteroatoms. The van der Waals surface area contributed by atoms with Crippen LogP contribution in [0.1, 0.15) is 38.5 Å². The molecular formula is C18H22N2O12. The zero-order valence-corrected chi connectivity index (χ0v) is 16.8. The van der Waals surface area contributed by atoms with Gasteiger partial charge in [0.1, 0.15) is 12.1 Å². The smallest absolute Gasteiger partial charge is 0.327 e. The number of amides is 4. The number of hydrogen-bond acceptors (Lipinski definition) is 8. The largest absolute Gasteiger partial charge is 0.481 e. The summed E-state index contributed by atoms with van der Waals surface area (Å²) in [6.45, 7) is 6.00. The van der Waals surface area contributed by atoms with Crippen LogP contribution < -0.4 is 0 Å². The third-order valence-corrected chi connectivity index (χ3v) is 4.11. The van der Waals surface area contributed by atoms with Crippen molar-refractivity contribution in [3.05, 3.63) is 13.2 Å². The first-order valence-corrected chi connectivity index (χ1v) is 8.95. The van der Waals surface area contributed by atoms with Crippen LogP contribution in [0, 0.1) is 0 Å². The summed E-state index contributed by atoms with van der Waals surface area (Å²) >= 11 is 0. The predicted molar refractivity (Wildman–Crippen MR) is 101 cm³/mol. The van der Waals surface area contributed by atoms with Gasteiger partial charge in [0.2, 0.25) is 23.6 Å².